The lowest BCUT2D eigenvalue weighted by Gasteiger charge is -2.40. The molecule has 0 aliphatic carbocycles. The Kier molecular flexibility index (Phi) is 2.40. The fourth-order valence-corrected chi connectivity index (χ4v) is 3.55. The molecule has 1 N–H and O–H groups in total. The number of halogens is 2. The van der Waals surface area contributed by atoms with E-state index in [0.717, 1.165) is 12.8 Å². The number of piperidine rings is 1. The Hall–Kier alpha value is -1.91. The quantitative estimate of drug-likeness (QED) is 0.786. The van der Waals surface area contributed by atoms with E-state index in [4.69, 9.17) is 0 Å². The highest BCUT2D eigenvalue weighted by Gasteiger charge is 2.40. The molecule has 3 nitrogen and oxygen atoms in total. The SMILES string of the molecule is O=C1CCC[C@@H]2c3[nH]c4cccc(F)c4c3[C@@H](F)CN12. The van der Waals surface area contributed by atoms with Gasteiger partial charge >= 0.3 is 0 Å². The molecule has 2 aliphatic rings. The fraction of sp³-hybridized carbons (Fsp3) is 0.400. The molecular weight excluding hydrogens is 262 g/mol. The van der Waals surface area contributed by atoms with Crippen molar-refractivity contribution in [2.24, 2.45) is 0 Å². The molecule has 2 aliphatic heterocycles. The number of carbonyl (C=O) groups excluding carboxylic acids is 1. The van der Waals surface area contributed by atoms with Crippen molar-refractivity contribution in [2.45, 2.75) is 31.5 Å². The molecule has 3 heterocycles. The molecule has 2 atom stereocenters. The molecule has 0 saturated carbocycles. The third kappa shape index (κ3) is 1.46. The maximum atomic E-state index is 14.5. The minimum absolute atomic E-state index is 0.00585. The molecule has 1 amide bonds. The van der Waals surface area contributed by atoms with Gasteiger partial charge in [-0.3, -0.25) is 4.79 Å². The summed E-state index contributed by atoms with van der Waals surface area (Å²) in [6.07, 6.45) is 0.760. The van der Waals surface area contributed by atoms with Gasteiger partial charge in [-0.15, -0.1) is 0 Å². The van der Waals surface area contributed by atoms with Gasteiger partial charge in [0, 0.05) is 28.6 Å². The number of nitrogens with zero attached hydrogens (tertiary/aromatic N) is 1. The molecule has 0 radical (unpaired) electrons. The molecule has 0 unspecified atom stereocenters. The van der Waals surface area contributed by atoms with Gasteiger partial charge in [-0.2, -0.15) is 0 Å². The first kappa shape index (κ1) is 11.9. The van der Waals surface area contributed by atoms with Crippen LogP contribution in [0.4, 0.5) is 8.78 Å². The summed E-state index contributed by atoms with van der Waals surface area (Å²) in [6.45, 7) is 0.0395. The summed E-state index contributed by atoms with van der Waals surface area (Å²) in [6, 6.07) is 4.57. The van der Waals surface area contributed by atoms with Crippen LogP contribution in [-0.4, -0.2) is 22.3 Å². The van der Waals surface area contributed by atoms with E-state index in [9.17, 15) is 13.6 Å². The second-order valence-electron chi connectivity index (χ2n) is 5.54. The highest BCUT2D eigenvalue weighted by Crippen LogP contribution is 2.45. The number of hydrogen-bond acceptors (Lipinski definition) is 1. The number of carbonyl (C=O) groups is 1. The van der Waals surface area contributed by atoms with Gasteiger partial charge in [0.2, 0.25) is 5.91 Å². The zero-order valence-electron chi connectivity index (χ0n) is 10.8. The molecule has 0 bridgehead atoms. The molecule has 5 heteroatoms. The molecule has 104 valence electrons. The van der Waals surface area contributed by atoms with E-state index in [1.165, 1.54) is 6.07 Å². The van der Waals surface area contributed by atoms with Crippen molar-refractivity contribution in [1.82, 2.24) is 9.88 Å². The highest BCUT2D eigenvalue weighted by molar-refractivity contribution is 5.87. The van der Waals surface area contributed by atoms with E-state index >= 15 is 0 Å². The maximum absolute atomic E-state index is 14.5. The number of nitrogens with one attached hydrogen (secondary N) is 1. The predicted octanol–water partition coefficient (Wildman–Crippen LogP) is 3.38. The van der Waals surface area contributed by atoms with Gasteiger partial charge in [0.15, 0.2) is 0 Å². The zero-order chi connectivity index (χ0) is 13.9. The van der Waals surface area contributed by atoms with E-state index < -0.39 is 12.0 Å². The molecule has 1 fully saturated rings. The van der Waals surface area contributed by atoms with Crippen LogP contribution in [0.25, 0.3) is 10.9 Å². The van der Waals surface area contributed by atoms with Crippen LogP contribution >= 0.6 is 0 Å². The standard InChI is InChI=1S/C15H14F2N2O/c16-8-3-1-4-10-13(8)14-9(17)7-19-11(15(14)18-10)5-2-6-12(19)20/h1,3-4,9,11,18H,2,5-7H2/t9-,11+/m0/s1. The van der Waals surface area contributed by atoms with Crippen molar-refractivity contribution < 1.29 is 13.6 Å². The lowest BCUT2D eigenvalue weighted by molar-refractivity contribution is -0.138. The average Bonchev–Trinajstić information content (AvgIpc) is 2.82. The smallest absolute Gasteiger partial charge is 0.223 e. The summed E-state index contributed by atoms with van der Waals surface area (Å²) in [7, 11) is 0. The topological polar surface area (TPSA) is 36.1 Å². The Labute approximate surface area is 114 Å². The minimum atomic E-state index is -1.33. The van der Waals surface area contributed by atoms with Gasteiger partial charge < -0.3 is 9.88 Å². The lowest BCUT2D eigenvalue weighted by Crippen LogP contribution is -2.43. The number of aromatic nitrogens is 1. The van der Waals surface area contributed by atoms with Crippen molar-refractivity contribution in [1.29, 1.82) is 0 Å². The summed E-state index contributed by atoms with van der Waals surface area (Å²) in [5.74, 6) is -0.410. The zero-order valence-corrected chi connectivity index (χ0v) is 10.8. The number of rotatable bonds is 0. The van der Waals surface area contributed by atoms with Crippen molar-refractivity contribution in [2.75, 3.05) is 6.54 Å². The summed E-state index contributed by atoms with van der Waals surface area (Å²) in [5, 5.41) is 0.340. The number of aromatic amines is 1. The Morgan fingerprint density at radius 3 is 3.05 bits per heavy atom. The van der Waals surface area contributed by atoms with E-state index in [1.54, 1.807) is 17.0 Å². The first-order valence-electron chi connectivity index (χ1n) is 6.90. The Morgan fingerprint density at radius 2 is 2.20 bits per heavy atom. The van der Waals surface area contributed by atoms with Crippen molar-refractivity contribution in [3.05, 3.63) is 35.3 Å². The van der Waals surface area contributed by atoms with Crippen LogP contribution in [-0.2, 0) is 4.79 Å². The van der Waals surface area contributed by atoms with Crippen molar-refractivity contribution in [3.8, 4) is 0 Å². The monoisotopic (exact) mass is 276 g/mol. The number of benzene rings is 1. The second kappa shape index (κ2) is 4.04. The highest BCUT2D eigenvalue weighted by atomic mass is 19.1. The Morgan fingerprint density at radius 1 is 1.35 bits per heavy atom. The largest absolute Gasteiger partial charge is 0.356 e. The summed E-state index contributed by atoms with van der Waals surface area (Å²) in [5.41, 5.74) is 1.70. The van der Waals surface area contributed by atoms with Crippen LogP contribution in [0.1, 0.15) is 42.7 Å². The van der Waals surface area contributed by atoms with Gasteiger partial charge in [-0.25, -0.2) is 8.78 Å². The molecule has 20 heavy (non-hydrogen) atoms. The molecule has 2 aromatic rings. The third-order valence-corrected chi connectivity index (χ3v) is 4.41. The predicted molar refractivity (Wildman–Crippen MR) is 70.4 cm³/mol. The molecule has 4 rings (SSSR count). The number of H-pyrrole nitrogens is 1. The van der Waals surface area contributed by atoms with E-state index in [1.807, 2.05) is 0 Å². The number of fused-ring (bicyclic) bond motifs is 5. The van der Waals surface area contributed by atoms with Gasteiger partial charge in [0.25, 0.3) is 0 Å². The number of alkyl halides is 1. The lowest BCUT2D eigenvalue weighted by atomic mass is 9.89. The Balaban J connectivity index is 1.97. The minimum Gasteiger partial charge on any atom is -0.356 e. The summed E-state index contributed by atoms with van der Waals surface area (Å²) >= 11 is 0. The molecule has 0 spiro atoms. The van der Waals surface area contributed by atoms with Gasteiger partial charge in [-0.1, -0.05) is 6.07 Å². The van der Waals surface area contributed by atoms with Crippen molar-refractivity contribution >= 4 is 16.8 Å². The fourth-order valence-electron chi connectivity index (χ4n) is 3.55. The second-order valence-corrected chi connectivity index (χ2v) is 5.54. The Bertz CT molecular complexity index is 709. The molecular formula is C15H14F2N2O. The van der Waals surface area contributed by atoms with E-state index in [2.05, 4.69) is 4.98 Å². The molecule has 1 aromatic heterocycles. The maximum Gasteiger partial charge on any atom is 0.223 e. The summed E-state index contributed by atoms with van der Waals surface area (Å²) in [4.78, 5) is 16.7. The molecule has 1 saturated heterocycles. The average molecular weight is 276 g/mol. The summed E-state index contributed by atoms with van der Waals surface area (Å²) < 4.78 is 28.5. The third-order valence-electron chi connectivity index (χ3n) is 4.41. The number of hydrogen-bond donors (Lipinski definition) is 1. The van der Waals surface area contributed by atoms with Crippen LogP contribution < -0.4 is 0 Å². The number of amides is 1. The first-order valence-corrected chi connectivity index (χ1v) is 6.90. The van der Waals surface area contributed by atoms with Gasteiger partial charge in [-0.05, 0) is 25.0 Å². The van der Waals surface area contributed by atoms with Crippen LogP contribution in [0.2, 0.25) is 0 Å². The first-order chi connectivity index (χ1) is 9.66. The molecule has 1 aromatic carbocycles. The van der Waals surface area contributed by atoms with Crippen LogP contribution in [0.15, 0.2) is 18.2 Å². The van der Waals surface area contributed by atoms with Crippen molar-refractivity contribution in [3.63, 3.8) is 0 Å². The van der Waals surface area contributed by atoms with Crippen LogP contribution in [0.3, 0.4) is 0 Å². The van der Waals surface area contributed by atoms with Crippen LogP contribution in [0.5, 0.6) is 0 Å². The van der Waals surface area contributed by atoms with E-state index in [-0.39, 0.29) is 18.5 Å². The van der Waals surface area contributed by atoms with Crippen LogP contribution in [0, 0.1) is 5.82 Å². The van der Waals surface area contributed by atoms with Gasteiger partial charge in [0.1, 0.15) is 12.0 Å². The normalized spacial score (nSPS) is 25.7. The van der Waals surface area contributed by atoms with Gasteiger partial charge in [0.05, 0.1) is 12.6 Å². The van der Waals surface area contributed by atoms with E-state index in [0.29, 0.717) is 28.6 Å².